The van der Waals surface area contributed by atoms with E-state index in [1.807, 2.05) is 18.2 Å². The second-order valence-corrected chi connectivity index (χ2v) is 16.0. The third-order valence-corrected chi connectivity index (χ3v) is 10.2. The molecule has 0 aliphatic heterocycles. The van der Waals surface area contributed by atoms with E-state index >= 15 is 0 Å². The molecule has 0 aromatic heterocycles. The summed E-state index contributed by atoms with van der Waals surface area (Å²) in [5, 5.41) is 0. The zero-order valence-electron chi connectivity index (χ0n) is 35.6. The Kier molecular flexibility index (Phi) is 40.6. The standard InChI is InChI=1S/C46H82NO8P/c1-3-5-7-9-11-13-15-17-18-19-20-21-22-23-24-25-27-28-30-32-34-36-38-45(48)52-42-44(43-54-56(50,51)53-41-40-47)55-46(49)39-37-35-33-31-29-26-16-14-12-10-8-6-4-2/h6,8,10,12,14,16,19-20,22-23,44H,3-5,7,9,11,13,15,17-18,21,24-43,47H2,1-2H3,(H,50,51)/b8-6+,12-10+,16-14+,20-19+,23-22+. The maximum atomic E-state index is 12.6. The van der Waals surface area contributed by atoms with Crippen molar-refractivity contribution in [1.29, 1.82) is 0 Å². The first kappa shape index (κ1) is 53.7. The average Bonchev–Trinajstić information content (AvgIpc) is 3.18. The number of unbranched alkanes of at least 4 members (excludes halogenated alkanes) is 20. The van der Waals surface area contributed by atoms with E-state index in [9.17, 15) is 19.0 Å². The summed E-state index contributed by atoms with van der Waals surface area (Å²) in [6, 6.07) is 0. The van der Waals surface area contributed by atoms with E-state index in [0.717, 1.165) is 77.0 Å². The number of hydrogen-bond acceptors (Lipinski definition) is 8. The molecule has 0 spiro atoms. The second kappa shape index (κ2) is 42.3. The molecule has 0 heterocycles. The van der Waals surface area contributed by atoms with E-state index in [4.69, 9.17) is 24.3 Å². The van der Waals surface area contributed by atoms with Crippen LogP contribution in [0, 0.1) is 0 Å². The molecular formula is C46H82NO8P. The Balaban J connectivity index is 4.12. The molecule has 0 radical (unpaired) electrons. The summed E-state index contributed by atoms with van der Waals surface area (Å²) in [6.45, 7) is 3.56. The summed E-state index contributed by atoms with van der Waals surface area (Å²) in [5.41, 5.74) is 5.34. The summed E-state index contributed by atoms with van der Waals surface area (Å²) in [4.78, 5) is 34.9. The maximum absolute atomic E-state index is 12.6. The van der Waals surface area contributed by atoms with Crippen molar-refractivity contribution in [3.63, 3.8) is 0 Å². The van der Waals surface area contributed by atoms with Gasteiger partial charge in [-0.1, -0.05) is 171 Å². The van der Waals surface area contributed by atoms with E-state index in [1.54, 1.807) is 0 Å². The molecule has 0 saturated heterocycles. The highest BCUT2D eigenvalue weighted by molar-refractivity contribution is 7.47. The first-order chi connectivity index (χ1) is 27.3. The van der Waals surface area contributed by atoms with Crippen LogP contribution < -0.4 is 5.73 Å². The first-order valence-electron chi connectivity index (χ1n) is 22.3. The van der Waals surface area contributed by atoms with E-state index in [-0.39, 0.29) is 32.6 Å². The van der Waals surface area contributed by atoms with Gasteiger partial charge >= 0.3 is 19.8 Å². The third kappa shape index (κ3) is 41.3. The molecule has 0 aromatic carbocycles. The highest BCUT2D eigenvalue weighted by atomic mass is 31.2. The molecule has 56 heavy (non-hydrogen) atoms. The molecule has 0 amide bonds. The molecule has 2 unspecified atom stereocenters. The van der Waals surface area contributed by atoms with Gasteiger partial charge in [0.25, 0.3) is 0 Å². The molecule has 0 rings (SSSR count). The molecule has 9 nitrogen and oxygen atoms in total. The Morgan fingerprint density at radius 1 is 0.571 bits per heavy atom. The summed E-state index contributed by atoms with van der Waals surface area (Å²) in [6.07, 6.45) is 49.7. The topological polar surface area (TPSA) is 134 Å². The van der Waals surface area contributed by atoms with Crippen molar-refractivity contribution in [2.24, 2.45) is 5.73 Å². The van der Waals surface area contributed by atoms with Gasteiger partial charge in [0, 0.05) is 19.4 Å². The molecule has 324 valence electrons. The molecule has 0 saturated carbocycles. The van der Waals surface area contributed by atoms with E-state index < -0.39 is 32.5 Å². The number of allylic oxidation sites excluding steroid dienone is 10. The average molecular weight is 808 g/mol. The number of carbonyl (C=O) groups is 2. The van der Waals surface area contributed by atoms with Crippen molar-refractivity contribution < 1.29 is 37.6 Å². The number of phosphoric ester groups is 1. The molecule has 0 aliphatic carbocycles. The van der Waals surface area contributed by atoms with Gasteiger partial charge in [-0.05, 0) is 64.2 Å². The fraction of sp³-hybridized carbons (Fsp3) is 0.739. The van der Waals surface area contributed by atoms with Crippen LogP contribution in [0.4, 0.5) is 0 Å². The van der Waals surface area contributed by atoms with Crippen LogP contribution in [-0.2, 0) is 32.7 Å². The van der Waals surface area contributed by atoms with Crippen LogP contribution in [-0.4, -0.2) is 49.3 Å². The van der Waals surface area contributed by atoms with E-state index in [1.165, 1.54) is 77.0 Å². The molecule has 10 heteroatoms. The number of phosphoric acid groups is 1. The van der Waals surface area contributed by atoms with Gasteiger partial charge < -0.3 is 20.1 Å². The zero-order valence-corrected chi connectivity index (χ0v) is 36.5. The normalized spacial score (nSPS) is 13.9. The SMILES string of the molecule is CC/C=C/C=C/C=C/CCCCCCCC(=O)OC(COC(=O)CCCCCCCCC/C=C/C/C=C/CCCCCCCCCC)COP(=O)(O)OCCN. The van der Waals surface area contributed by atoms with Crippen molar-refractivity contribution in [2.75, 3.05) is 26.4 Å². The third-order valence-electron chi connectivity index (χ3n) is 9.20. The smallest absolute Gasteiger partial charge is 0.462 e. The van der Waals surface area contributed by atoms with Gasteiger partial charge in [0.15, 0.2) is 6.10 Å². The van der Waals surface area contributed by atoms with Crippen molar-refractivity contribution in [3.05, 3.63) is 60.8 Å². The Bertz CT molecular complexity index is 1100. The predicted octanol–water partition coefficient (Wildman–Crippen LogP) is 12.9. The van der Waals surface area contributed by atoms with Gasteiger partial charge in [-0.2, -0.15) is 0 Å². The number of esters is 2. The molecule has 0 bridgehead atoms. The number of carbonyl (C=O) groups excluding carboxylic acids is 2. The van der Waals surface area contributed by atoms with E-state index in [0.29, 0.717) is 6.42 Å². The van der Waals surface area contributed by atoms with Crippen molar-refractivity contribution >= 4 is 19.8 Å². The molecule has 0 aromatic rings. The fourth-order valence-electron chi connectivity index (χ4n) is 5.90. The largest absolute Gasteiger partial charge is 0.472 e. The van der Waals surface area contributed by atoms with Crippen LogP contribution in [0.25, 0.3) is 0 Å². The van der Waals surface area contributed by atoms with Gasteiger partial charge in [-0.15, -0.1) is 0 Å². The minimum Gasteiger partial charge on any atom is -0.462 e. The van der Waals surface area contributed by atoms with Gasteiger partial charge in [-0.3, -0.25) is 18.6 Å². The fourth-order valence-corrected chi connectivity index (χ4v) is 6.66. The van der Waals surface area contributed by atoms with Gasteiger partial charge in [-0.25, -0.2) is 4.57 Å². The van der Waals surface area contributed by atoms with Crippen molar-refractivity contribution in [2.45, 2.75) is 193 Å². The lowest BCUT2D eigenvalue weighted by Gasteiger charge is -2.19. The predicted molar refractivity (Wildman–Crippen MR) is 233 cm³/mol. The van der Waals surface area contributed by atoms with Crippen LogP contribution in [0.2, 0.25) is 0 Å². The Morgan fingerprint density at radius 2 is 1.05 bits per heavy atom. The molecule has 0 aliphatic rings. The Labute approximate surface area is 342 Å². The lowest BCUT2D eigenvalue weighted by atomic mass is 10.1. The second-order valence-electron chi connectivity index (χ2n) is 14.6. The first-order valence-corrected chi connectivity index (χ1v) is 23.8. The van der Waals surface area contributed by atoms with Crippen LogP contribution in [0.3, 0.4) is 0 Å². The maximum Gasteiger partial charge on any atom is 0.472 e. The summed E-state index contributed by atoms with van der Waals surface area (Å²) >= 11 is 0. The Hall–Kier alpha value is -2.29. The monoisotopic (exact) mass is 808 g/mol. The number of rotatable bonds is 41. The van der Waals surface area contributed by atoms with Crippen LogP contribution in [0.5, 0.6) is 0 Å². The quantitative estimate of drug-likeness (QED) is 0.0203. The zero-order chi connectivity index (χ0) is 41.1. The summed E-state index contributed by atoms with van der Waals surface area (Å²) in [5.74, 6) is -0.864. The Morgan fingerprint density at radius 3 is 1.59 bits per heavy atom. The van der Waals surface area contributed by atoms with Crippen molar-refractivity contribution in [3.8, 4) is 0 Å². The summed E-state index contributed by atoms with van der Waals surface area (Å²) < 4.78 is 32.7. The summed E-state index contributed by atoms with van der Waals surface area (Å²) in [7, 11) is -4.39. The molecule has 0 fully saturated rings. The number of hydrogen-bond donors (Lipinski definition) is 2. The highest BCUT2D eigenvalue weighted by Crippen LogP contribution is 2.43. The van der Waals surface area contributed by atoms with Crippen LogP contribution in [0.15, 0.2) is 60.8 Å². The van der Waals surface area contributed by atoms with Gasteiger partial charge in [0.2, 0.25) is 0 Å². The molecule has 3 N–H and O–H groups in total. The molecule has 2 atom stereocenters. The number of nitrogens with two attached hydrogens (primary N) is 1. The minimum absolute atomic E-state index is 0.0459. The van der Waals surface area contributed by atoms with Gasteiger partial charge in [0.05, 0.1) is 13.2 Å². The van der Waals surface area contributed by atoms with Crippen LogP contribution >= 0.6 is 7.82 Å². The number of ether oxygens (including phenoxy) is 2. The van der Waals surface area contributed by atoms with Crippen molar-refractivity contribution in [1.82, 2.24) is 0 Å². The highest BCUT2D eigenvalue weighted by Gasteiger charge is 2.26. The minimum atomic E-state index is -4.39. The lowest BCUT2D eigenvalue weighted by molar-refractivity contribution is -0.161. The van der Waals surface area contributed by atoms with Crippen LogP contribution in [0.1, 0.15) is 187 Å². The molecular weight excluding hydrogens is 725 g/mol. The van der Waals surface area contributed by atoms with E-state index in [2.05, 4.69) is 56.4 Å². The lowest BCUT2D eigenvalue weighted by Crippen LogP contribution is -2.29. The van der Waals surface area contributed by atoms with Gasteiger partial charge in [0.1, 0.15) is 6.61 Å².